The summed E-state index contributed by atoms with van der Waals surface area (Å²) in [6.45, 7) is 0. The molecule has 0 aliphatic carbocycles. The second kappa shape index (κ2) is 9.40. The Morgan fingerprint density at radius 1 is 1.12 bits per heavy atom. The monoisotopic (exact) mass is 482 g/mol. The first-order valence-corrected chi connectivity index (χ1v) is 10.9. The maximum Gasteiger partial charge on any atom is 0.330 e. The number of aromatic hydroxyl groups is 1. The van der Waals surface area contributed by atoms with E-state index in [2.05, 4.69) is 4.98 Å². The normalized spacial score (nSPS) is 11.1. The second-order valence-corrected chi connectivity index (χ2v) is 8.68. The summed E-state index contributed by atoms with van der Waals surface area (Å²) in [7, 11) is 2.86. The van der Waals surface area contributed by atoms with Crippen LogP contribution in [0.1, 0.15) is 15.9 Å². The molecule has 0 aliphatic heterocycles. The van der Waals surface area contributed by atoms with E-state index in [0.29, 0.717) is 26.8 Å². The van der Waals surface area contributed by atoms with Gasteiger partial charge in [-0.1, -0.05) is 29.8 Å². The number of thiophene rings is 1. The molecule has 7 nitrogen and oxygen atoms in total. The summed E-state index contributed by atoms with van der Waals surface area (Å²) >= 11 is 7.36. The molecule has 0 atom stereocenters. The van der Waals surface area contributed by atoms with Crippen molar-refractivity contribution < 1.29 is 19.4 Å². The predicted molar refractivity (Wildman–Crippen MR) is 129 cm³/mol. The van der Waals surface area contributed by atoms with Crippen molar-refractivity contribution in [3.63, 3.8) is 0 Å². The lowest BCUT2D eigenvalue weighted by Crippen LogP contribution is -2.14. The number of rotatable bonds is 7. The maximum absolute atomic E-state index is 12.8. The molecule has 2 aromatic heterocycles. The number of methoxy groups -OCH3 is 2. The molecule has 33 heavy (non-hydrogen) atoms. The van der Waals surface area contributed by atoms with Crippen molar-refractivity contribution in [3.8, 4) is 33.5 Å². The highest BCUT2D eigenvalue weighted by atomic mass is 35.5. The molecule has 0 radical (unpaired) electrons. The van der Waals surface area contributed by atoms with Crippen LogP contribution in [0.15, 0.2) is 65.6 Å². The van der Waals surface area contributed by atoms with Crippen LogP contribution in [-0.2, 0) is 0 Å². The number of ketones is 1. The van der Waals surface area contributed by atoms with Crippen LogP contribution in [0.3, 0.4) is 0 Å². The van der Waals surface area contributed by atoms with Gasteiger partial charge in [-0.05, 0) is 48.0 Å². The number of allylic oxidation sites excluding steroid dienone is 1. The predicted octanol–water partition coefficient (Wildman–Crippen LogP) is 5.17. The Morgan fingerprint density at radius 2 is 1.85 bits per heavy atom. The highest BCUT2D eigenvalue weighted by Crippen LogP contribution is 2.37. The first-order chi connectivity index (χ1) is 15.9. The zero-order chi connectivity index (χ0) is 23.5. The van der Waals surface area contributed by atoms with Crippen LogP contribution < -0.4 is 15.2 Å². The molecule has 4 rings (SSSR count). The standard InChI is InChI=1S/C24H19ClN2O5S/c1-31-19-10-14(11-20(32-2)23(19)29)6-7-18(28)15-4-3-5-16(12-15)27-13-17(26-24(27)30)21-8-9-22(25)33-21/h3-13,29H,1-2H3,(H,26,30). The Morgan fingerprint density at radius 3 is 2.48 bits per heavy atom. The number of imidazole rings is 1. The van der Waals surface area contributed by atoms with Crippen LogP contribution in [0.5, 0.6) is 17.2 Å². The van der Waals surface area contributed by atoms with E-state index in [9.17, 15) is 14.7 Å². The summed E-state index contributed by atoms with van der Waals surface area (Å²) in [6.07, 6.45) is 4.68. The molecule has 2 heterocycles. The molecule has 0 bridgehead atoms. The third-order valence-electron chi connectivity index (χ3n) is 4.90. The van der Waals surface area contributed by atoms with E-state index in [-0.39, 0.29) is 28.7 Å². The van der Waals surface area contributed by atoms with Crippen LogP contribution in [-0.4, -0.2) is 34.7 Å². The molecule has 168 valence electrons. The van der Waals surface area contributed by atoms with Gasteiger partial charge in [-0.2, -0.15) is 0 Å². The summed E-state index contributed by atoms with van der Waals surface area (Å²) in [5, 5.41) is 10.0. The highest BCUT2D eigenvalue weighted by molar-refractivity contribution is 7.19. The fraction of sp³-hybridized carbons (Fsp3) is 0.0833. The van der Waals surface area contributed by atoms with E-state index in [4.69, 9.17) is 21.1 Å². The minimum Gasteiger partial charge on any atom is -0.502 e. The van der Waals surface area contributed by atoms with Gasteiger partial charge in [-0.25, -0.2) is 4.79 Å². The van der Waals surface area contributed by atoms with Gasteiger partial charge in [0.2, 0.25) is 5.75 Å². The number of aromatic amines is 1. The smallest absolute Gasteiger partial charge is 0.330 e. The molecule has 0 aliphatic rings. The largest absolute Gasteiger partial charge is 0.502 e. The van der Waals surface area contributed by atoms with Crippen LogP contribution >= 0.6 is 22.9 Å². The maximum atomic E-state index is 12.8. The molecule has 0 amide bonds. The average Bonchev–Trinajstić information content (AvgIpc) is 3.43. The van der Waals surface area contributed by atoms with Crippen molar-refractivity contribution in [2.75, 3.05) is 14.2 Å². The molecular formula is C24H19ClN2O5S. The average molecular weight is 483 g/mol. The quantitative estimate of drug-likeness (QED) is 0.280. The van der Waals surface area contributed by atoms with Crippen molar-refractivity contribution in [2.45, 2.75) is 0 Å². The van der Waals surface area contributed by atoms with Crippen molar-refractivity contribution in [3.05, 3.63) is 86.8 Å². The SMILES string of the molecule is COc1cc(C=CC(=O)c2cccc(-n3cc(-c4ccc(Cl)s4)[nH]c3=O)c2)cc(OC)c1O. The number of carbonyl (C=O) groups excluding carboxylic acids is 1. The van der Waals surface area contributed by atoms with Crippen molar-refractivity contribution in [1.82, 2.24) is 9.55 Å². The molecule has 9 heteroatoms. The lowest BCUT2D eigenvalue weighted by atomic mass is 10.1. The van der Waals surface area contributed by atoms with E-state index < -0.39 is 0 Å². The minimum atomic E-state index is -0.321. The highest BCUT2D eigenvalue weighted by Gasteiger charge is 2.12. The van der Waals surface area contributed by atoms with E-state index in [1.165, 1.54) is 36.2 Å². The number of carbonyl (C=O) groups is 1. The van der Waals surface area contributed by atoms with Crippen molar-refractivity contribution in [2.24, 2.45) is 0 Å². The Balaban J connectivity index is 1.61. The fourth-order valence-electron chi connectivity index (χ4n) is 3.26. The number of halogens is 1. The molecule has 0 spiro atoms. The van der Waals surface area contributed by atoms with Crippen LogP contribution in [0.2, 0.25) is 4.34 Å². The van der Waals surface area contributed by atoms with Crippen molar-refractivity contribution in [1.29, 1.82) is 0 Å². The number of benzene rings is 2. The first-order valence-electron chi connectivity index (χ1n) is 9.75. The summed E-state index contributed by atoms with van der Waals surface area (Å²) < 4.78 is 12.4. The number of nitrogens with one attached hydrogen (secondary N) is 1. The molecule has 0 unspecified atom stereocenters. The summed E-state index contributed by atoms with van der Waals surface area (Å²) in [5.41, 5.74) is 1.90. The number of ether oxygens (including phenoxy) is 2. The molecule has 0 fully saturated rings. The summed E-state index contributed by atoms with van der Waals surface area (Å²) in [4.78, 5) is 28.9. The molecule has 4 aromatic rings. The first kappa shape index (κ1) is 22.4. The number of hydrogen-bond donors (Lipinski definition) is 2. The van der Waals surface area contributed by atoms with Crippen LogP contribution in [0.25, 0.3) is 22.3 Å². The van der Waals surface area contributed by atoms with Gasteiger partial charge in [0.25, 0.3) is 0 Å². The number of phenolic OH excluding ortho intramolecular Hbond substituents is 1. The molecular weight excluding hydrogens is 464 g/mol. The third kappa shape index (κ3) is 4.72. The zero-order valence-corrected chi connectivity index (χ0v) is 19.2. The van der Waals surface area contributed by atoms with Gasteiger partial charge < -0.3 is 19.6 Å². The number of hydrogen-bond acceptors (Lipinski definition) is 6. The number of phenols is 1. The van der Waals surface area contributed by atoms with Gasteiger partial charge >= 0.3 is 5.69 Å². The molecule has 0 saturated heterocycles. The van der Waals surface area contributed by atoms with Crippen LogP contribution in [0.4, 0.5) is 0 Å². The van der Waals surface area contributed by atoms with E-state index in [0.717, 1.165) is 4.88 Å². The van der Waals surface area contributed by atoms with Gasteiger partial charge in [0.1, 0.15) is 0 Å². The van der Waals surface area contributed by atoms with Gasteiger partial charge in [0.05, 0.1) is 34.8 Å². The Hall–Kier alpha value is -3.75. The topological polar surface area (TPSA) is 93.6 Å². The Bertz CT molecular complexity index is 1390. The summed E-state index contributed by atoms with van der Waals surface area (Å²) in [5.74, 6) is 0.102. The van der Waals surface area contributed by atoms with Crippen molar-refractivity contribution >= 4 is 34.8 Å². The molecule has 0 saturated carbocycles. The number of aromatic nitrogens is 2. The van der Waals surface area contributed by atoms with E-state index in [1.54, 1.807) is 54.7 Å². The molecule has 2 aromatic carbocycles. The minimum absolute atomic E-state index is 0.114. The Labute approximate surface area is 198 Å². The van der Waals surface area contributed by atoms with E-state index >= 15 is 0 Å². The number of H-pyrrole nitrogens is 1. The van der Waals surface area contributed by atoms with Gasteiger partial charge in [0, 0.05) is 11.8 Å². The fourth-order valence-corrected chi connectivity index (χ4v) is 4.27. The lowest BCUT2D eigenvalue weighted by Gasteiger charge is -2.09. The molecule has 2 N–H and O–H groups in total. The lowest BCUT2D eigenvalue weighted by molar-refractivity contribution is 0.104. The third-order valence-corrected chi connectivity index (χ3v) is 6.16. The second-order valence-electron chi connectivity index (χ2n) is 6.97. The van der Waals surface area contributed by atoms with Gasteiger partial charge in [0.15, 0.2) is 17.3 Å². The van der Waals surface area contributed by atoms with Crippen LogP contribution in [0, 0.1) is 0 Å². The zero-order valence-electron chi connectivity index (χ0n) is 17.7. The van der Waals surface area contributed by atoms with E-state index in [1.807, 2.05) is 6.07 Å². The Kier molecular flexibility index (Phi) is 6.39. The summed E-state index contributed by atoms with van der Waals surface area (Å²) in [6, 6.07) is 13.6. The van der Waals surface area contributed by atoms with Gasteiger partial charge in [-0.3, -0.25) is 9.36 Å². The number of nitrogens with zero attached hydrogens (tertiary/aromatic N) is 1. The van der Waals surface area contributed by atoms with Gasteiger partial charge in [-0.15, -0.1) is 11.3 Å².